The van der Waals surface area contributed by atoms with E-state index >= 15 is 0 Å². The molecule has 2 N–H and O–H groups in total. The van der Waals surface area contributed by atoms with Crippen molar-refractivity contribution in [2.75, 3.05) is 13.2 Å². The monoisotopic (exact) mass is 360 g/mol. The Kier molecular flexibility index (Phi) is 6.81. The number of rotatable bonds is 9. The van der Waals surface area contributed by atoms with E-state index in [2.05, 4.69) is 0 Å². The number of thiocarbonyl (C=S) groups is 1. The van der Waals surface area contributed by atoms with E-state index in [0.29, 0.717) is 23.6 Å². The molecule has 0 saturated carbocycles. The Morgan fingerprint density at radius 1 is 0.880 bits per heavy atom. The number of ether oxygens (including phenoxy) is 2. The molecule has 0 spiro atoms. The minimum absolute atomic E-state index is 0.237. The standard InChI is InChI=1S/C20H24O4S/c1-3-23-20(24-4-2,18(25)16-11-7-5-8-12-16)15-19(21,22)17-13-9-6-10-14-17/h5-14,21-22H,3-4,15H2,1-2H3. The van der Waals surface area contributed by atoms with Gasteiger partial charge in [0.25, 0.3) is 0 Å². The van der Waals surface area contributed by atoms with Gasteiger partial charge in [-0.25, -0.2) is 0 Å². The molecule has 2 aromatic carbocycles. The molecule has 2 rings (SSSR count). The topological polar surface area (TPSA) is 58.9 Å². The van der Waals surface area contributed by atoms with Crippen LogP contribution in [0, 0.1) is 0 Å². The van der Waals surface area contributed by atoms with Crippen molar-refractivity contribution in [2.24, 2.45) is 0 Å². The third kappa shape index (κ3) is 4.71. The Hall–Kier alpha value is -1.63. The van der Waals surface area contributed by atoms with Crippen LogP contribution in [0.3, 0.4) is 0 Å². The number of benzene rings is 2. The van der Waals surface area contributed by atoms with Crippen molar-refractivity contribution in [1.29, 1.82) is 0 Å². The molecule has 0 heterocycles. The maximum Gasteiger partial charge on any atom is 0.211 e. The average Bonchev–Trinajstić information content (AvgIpc) is 2.62. The molecule has 0 aromatic heterocycles. The predicted octanol–water partition coefficient (Wildman–Crippen LogP) is 3.40. The molecule has 4 nitrogen and oxygen atoms in total. The molecule has 0 amide bonds. The molecule has 134 valence electrons. The Morgan fingerprint density at radius 2 is 1.36 bits per heavy atom. The molecule has 5 heteroatoms. The fourth-order valence-electron chi connectivity index (χ4n) is 2.76. The molecule has 0 bridgehead atoms. The fraction of sp³-hybridized carbons (Fsp3) is 0.350. The summed E-state index contributed by atoms with van der Waals surface area (Å²) in [7, 11) is 0. The first-order valence-corrected chi connectivity index (χ1v) is 8.74. The van der Waals surface area contributed by atoms with Gasteiger partial charge in [0.05, 0.1) is 11.3 Å². The first kappa shape index (κ1) is 19.7. The summed E-state index contributed by atoms with van der Waals surface area (Å²) in [5.74, 6) is -3.57. The minimum Gasteiger partial charge on any atom is -0.362 e. The molecule has 0 radical (unpaired) electrons. The van der Waals surface area contributed by atoms with Crippen LogP contribution < -0.4 is 0 Å². The number of hydrogen-bond donors (Lipinski definition) is 2. The second-order valence-electron chi connectivity index (χ2n) is 5.67. The van der Waals surface area contributed by atoms with Gasteiger partial charge >= 0.3 is 0 Å². The van der Waals surface area contributed by atoms with E-state index in [-0.39, 0.29) is 6.42 Å². The van der Waals surface area contributed by atoms with Gasteiger partial charge in [0.15, 0.2) is 5.79 Å². The van der Waals surface area contributed by atoms with Gasteiger partial charge in [0, 0.05) is 18.8 Å². The Balaban J connectivity index is 2.42. The van der Waals surface area contributed by atoms with Crippen molar-refractivity contribution in [3.8, 4) is 0 Å². The Morgan fingerprint density at radius 3 is 1.84 bits per heavy atom. The van der Waals surface area contributed by atoms with Crippen molar-refractivity contribution >= 4 is 17.1 Å². The first-order chi connectivity index (χ1) is 11.9. The highest BCUT2D eigenvalue weighted by atomic mass is 32.1. The van der Waals surface area contributed by atoms with E-state index in [4.69, 9.17) is 21.7 Å². The molecule has 0 aliphatic rings. The van der Waals surface area contributed by atoms with Crippen molar-refractivity contribution in [3.63, 3.8) is 0 Å². The quantitative estimate of drug-likeness (QED) is 0.408. The summed E-state index contributed by atoms with van der Waals surface area (Å²) >= 11 is 5.63. The van der Waals surface area contributed by atoms with Crippen LogP contribution in [0.25, 0.3) is 0 Å². The molecule has 0 fully saturated rings. The lowest BCUT2D eigenvalue weighted by molar-refractivity contribution is -0.263. The maximum atomic E-state index is 10.7. The molecule has 25 heavy (non-hydrogen) atoms. The highest BCUT2D eigenvalue weighted by Gasteiger charge is 2.45. The summed E-state index contributed by atoms with van der Waals surface area (Å²) in [6.07, 6.45) is -0.237. The highest BCUT2D eigenvalue weighted by molar-refractivity contribution is 7.81. The smallest absolute Gasteiger partial charge is 0.211 e. The van der Waals surface area contributed by atoms with Gasteiger partial charge in [-0.1, -0.05) is 72.9 Å². The summed E-state index contributed by atoms with van der Waals surface area (Å²) in [6.45, 7) is 4.27. The van der Waals surface area contributed by atoms with Gasteiger partial charge in [0.1, 0.15) is 0 Å². The van der Waals surface area contributed by atoms with Crippen molar-refractivity contribution < 1.29 is 19.7 Å². The van der Waals surface area contributed by atoms with Crippen molar-refractivity contribution in [1.82, 2.24) is 0 Å². The van der Waals surface area contributed by atoms with Crippen LogP contribution in [-0.2, 0) is 15.3 Å². The van der Waals surface area contributed by atoms with Gasteiger partial charge in [-0.2, -0.15) is 0 Å². The van der Waals surface area contributed by atoms with Crippen LogP contribution in [0.15, 0.2) is 60.7 Å². The Bertz CT molecular complexity index is 665. The molecule has 0 unspecified atom stereocenters. The van der Waals surface area contributed by atoms with Crippen LogP contribution in [0.2, 0.25) is 0 Å². The first-order valence-electron chi connectivity index (χ1n) is 8.33. The average molecular weight is 360 g/mol. The maximum absolute atomic E-state index is 10.7. The molecular weight excluding hydrogens is 336 g/mol. The second kappa shape index (κ2) is 8.65. The summed E-state index contributed by atoms with van der Waals surface area (Å²) in [5.41, 5.74) is 1.11. The van der Waals surface area contributed by atoms with E-state index < -0.39 is 11.6 Å². The molecule has 0 saturated heterocycles. The van der Waals surface area contributed by atoms with Gasteiger partial charge in [-0.05, 0) is 19.4 Å². The van der Waals surface area contributed by atoms with E-state index in [0.717, 1.165) is 5.56 Å². The SMILES string of the molecule is CCOC(CC(O)(O)c1ccccc1)(OCC)C(=S)c1ccccc1. The lowest BCUT2D eigenvalue weighted by Gasteiger charge is -2.38. The molecule has 0 atom stereocenters. The fourth-order valence-corrected chi connectivity index (χ4v) is 3.09. The van der Waals surface area contributed by atoms with Gasteiger partial charge in [-0.15, -0.1) is 0 Å². The van der Waals surface area contributed by atoms with Crippen LogP contribution in [0.5, 0.6) is 0 Å². The van der Waals surface area contributed by atoms with Gasteiger partial charge < -0.3 is 19.7 Å². The van der Waals surface area contributed by atoms with Gasteiger partial charge in [0.2, 0.25) is 5.79 Å². The van der Waals surface area contributed by atoms with Gasteiger partial charge in [-0.3, -0.25) is 0 Å². The van der Waals surface area contributed by atoms with Crippen molar-refractivity contribution in [3.05, 3.63) is 71.8 Å². The summed E-state index contributed by atoms with van der Waals surface area (Å²) in [6, 6.07) is 17.9. The largest absolute Gasteiger partial charge is 0.362 e. The molecule has 2 aromatic rings. The lowest BCUT2D eigenvalue weighted by atomic mass is 9.92. The number of aliphatic hydroxyl groups is 2. The third-order valence-corrected chi connectivity index (χ3v) is 4.40. The van der Waals surface area contributed by atoms with Crippen LogP contribution >= 0.6 is 12.2 Å². The zero-order chi connectivity index (χ0) is 18.3. The molecular formula is C20H24O4S. The van der Waals surface area contributed by atoms with Crippen LogP contribution in [0.1, 0.15) is 31.4 Å². The normalized spacial score (nSPS) is 12.2. The van der Waals surface area contributed by atoms with E-state index in [9.17, 15) is 10.2 Å². The van der Waals surface area contributed by atoms with Crippen LogP contribution in [0.4, 0.5) is 0 Å². The van der Waals surface area contributed by atoms with Crippen LogP contribution in [-0.4, -0.2) is 34.1 Å². The lowest BCUT2D eigenvalue weighted by Crippen LogP contribution is -2.49. The summed E-state index contributed by atoms with van der Waals surface area (Å²) < 4.78 is 11.7. The zero-order valence-electron chi connectivity index (χ0n) is 14.5. The molecule has 0 aliphatic heterocycles. The van der Waals surface area contributed by atoms with E-state index in [1.807, 2.05) is 50.2 Å². The summed E-state index contributed by atoms with van der Waals surface area (Å²) in [4.78, 5) is 0.389. The second-order valence-corrected chi connectivity index (χ2v) is 6.08. The molecule has 0 aliphatic carbocycles. The predicted molar refractivity (Wildman–Crippen MR) is 101 cm³/mol. The zero-order valence-corrected chi connectivity index (χ0v) is 15.3. The van der Waals surface area contributed by atoms with Crippen molar-refractivity contribution in [2.45, 2.75) is 31.8 Å². The minimum atomic E-state index is -2.15. The highest BCUT2D eigenvalue weighted by Crippen LogP contribution is 2.34. The third-order valence-electron chi connectivity index (χ3n) is 3.85. The summed E-state index contributed by atoms with van der Waals surface area (Å²) in [5, 5.41) is 21.4. The van der Waals surface area contributed by atoms with E-state index in [1.54, 1.807) is 24.3 Å². The van der Waals surface area contributed by atoms with E-state index in [1.165, 1.54) is 0 Å². The Labute approximate surface area is 154 Å². The number of hydrogen-bond acceptors (Lipinski definition) is 5.